The second-order valence-corrected chi connectivity index (χ2v) is 7.00. The van der Waals surface area contributed by atoms with Gasteiger partial charge in [-0.25, -0.2) is 4.68 Å². The number of nitrogens with zero attached hydrogens (tertiary/aromatic N) is 2. The molecule has 1 N–H and O–H groups in total. The highest BCUT2D eigenvalue weighted by molar-refractivity contribution is 5.83. The van der Waals surface area contributed by atoms with Crippen molar-refractivity contribution in [3.63, 3.8) is 0 Å². The zero-order chi connectivity index (χ0) is 19.9. The third-order valence-corrected chi connectivity index (χ3v) is 4.51. The van der Waals surface area contributed by atoms with Gasteiger partial charge in [-0.15, -0.1) is 0 Å². The van der Waals surface area contributed by atoms with Crippen LogP contribution < -0.4 is 10.9 Å². The minimum absolute atomic E-state index is 0.0951. The fourth-order valence-corrected chi connectivity index (χ4v) is 3.00. The van der Waals surface area contributed by atoms with Crippen molar-refractivity contribution in [2.45, 2.75) is 27.0 Å². The minimum Gasteiger partial charge on any atom is -0.376 e. The van der Waals surface area contributed by atoms with E-state index in [1.165, 1.54) is 4.68 Å². The van der Waals surface area contributed by atoms with Crippen LogP contribution in [-0.4, -0.2) is 28.8 Å². The first kappa shape index (κ1) is 19.8. The Bertz CT molecular complexity index is 999. The van der Waals surface area contributed by atoms with Gasteiger partial charge < -0.3 is 10.1 Å². The average Bonchev–Trinajstić information content (AvgIpc) is 2.71. The van der Waals surface area contributed by atoms with Crippen molar-refractivity contribution in [3.8, 4) is 0 Å². The molecule has 0 fully saturated rings. The Hall–Kier alpha value is -2.99. The molecule has 1 atom stereocenters. The monoisotopic (exact) mass is 379 g/mol. The molecule has 146 valence electrons. The van der Waals surface area contributed by atoms with E-state index in [0.717, 1.165) is 16.6 Å². The molecule has 0 aliphatic rings. The number of carbonyl (C=O) groups is 1. The van der Waals surface area contributed by atoms with E-state index in [4.69, 9.17) is 4.74 Å². The first-order valence-corrected chi connectivity index (χ1v) is 9.39. The van der Waals surface area contributed by atoms with Crippen LogP contribution in [0.25, 0.3) is 10.8 Å². The van der Waals surface area contributed by atoms with Gasteiger partial charge in [-0.3, -0.25) is 9.59 Å². The molecule has 6 heteroatoms. The van der Waals surface area contributed by atoms with Gasteiger partial charge in [0.05, 0.1) is 24.3 Å². The number of fused-ring (bicyclic) bond motifs is 1. The molecule has 0 bridgehead atoms. The van der Waals surface area contributed by atoms with Crippen LogP contribution in [-0.2, 0) is 22.7 Å². The van der Waals surface area contributed by atoms with Crippen LogP contribution in [0.5, 0.6) is 0 Å². The molecule has 6 nitrogen and oxygen atoms in total. The van der Waals surface area contributed by atoms with Crippen LogP contribution in [0, 0.1) is 12.8 Å². The Morgan fingerprint density at radius 3 is 2.54 bits per heavy atom. The maximum atomic E-state index is 12.5. The Kier molecular flexibility index (Phi) is 6.55. The normalized spacial score (nSPS) is 12.1. The molecule has 0 saturated heterocycles. The van der Waals surface area contributed by atoms with Gasteiger partial charge in [0.25, 0.3) is 5.56 Å². The Morgan fingerprint density at radius 1 is 1.11 bits per heavy atom. The number of hydrogen-bond donors (Lipinski definition) is 1. The van der Waals surface area contributed by atoms with Gasteiger partial charge in [0.1, 0.15) is 6.54 Å². The molecular weight excluding hydrogens is 354 g/mol. The molecule has 28 heavy (non-hydrogen) atoms. The molecule has 1 aromatic heterocycles. The molecule has 3 rings (SSSR count). The first-order valence-electron chi connectivity index (χ1n) is 9.39. The lowest BCUT2D eigenvalue weighted by atomic mass is 10.1. The summed E-state index contributed by atoms with van der Waals surface area (Å²) in [6.07, 6.45) is 0. The van der Waals surface area contributed by atoms with Crippen molar-refractivity contribution in [2.75, 3.05) is 13.2 Å². The van der Waals surface area contributed by atoms with Gasteiger partial charge in [-0.2, -0.15) is 5.10 Å². The summed E-state index contributed by atoms with van der Waals surface area (Å²) in [6, 6.07) is 17.3. The molecule has 1 unspecified atom stereocenters. The van der Waals surface area contributed by atoms with E-state index in [-0.39, 0.29) is 23.9 Å². The lowest BCUT2D eigenvalue weighted by molar-refractivity contribution is -0.122. The molecular formula is C22H25N3O3. The maximum absolute atomic E-state index is 12.5. The van der Waals surface area contributed by atoms with Crippen molar-refractivity contribution >= 4 is 16.7 Å². The van der Waals surface area contributed by atoms with E-state index in [0.29, 0.717) is 25.1 Å². The highest BCUT2D eigenvalue weighted by atomic mass is 16.5. The first-order chi connectivity index (χ1) is 13.5. The molecule has 1 amide bonds. The molecule has 0 saturated carbocycles. The minimum atomic E-state index is -0.254. The number of aryl methyl sites for hydroxylation is 1. The number of amides is 1. The molecule has 1 heterocycles. The number of ether oxygens (including phenoxy) is 1. The van der Waals surface area contributed by atoms with Crippen LogP contribution in [0.3, 0.4) is 0 Å². The summed E-state index contributed by atoms with van der Waals surface area (Å²) in [5, 5.41) is 8.51. The summed E-state index contributed by atoms with van der Waals surface area (Å²) in [6.45, 7) is 5.33. The van der Waals surface area contributed by atoms with Crippen LogP contribution >= 0.6 is 0 Å². The van der Waals surface area contributed by atoms with E-state index < -0.39 is 0 Å². The Morgan fingerprint density at radius 2 is 1.79 bits per heavy atom. The van der Waals surface area contributed by atoms with Crippen molar-refractivity contribution in [1.82, 2.24) is 15.1 Å². The molecule has 3 aromatic rings. The maximum Gasteiger partial charge on any atom is 0.275 e. The highest BCUT2D eigenvalue weighted by Gasteiger charge is 2.11. The number of benzene rings is 2. The number of carbonyl (C=O) groups excluding carboxylic acids is 1. The van der Waals surface area contributed by atoms with E-state index in [2.05, 4.69) is 10.4 Å². The largest absolute Gasteiger partial charge is 0.376 e. The van der Waals surface area contributed by atoms with Crippen molar-refractivity contribution in [3.05, 3.63) is 76.2 Å². The smallest absolute Gasteiger partial charge is 0.275 e. The SMILES string of the molecule is Cc1nn(CC(=O)NCC(C)COCc2ccccc2)c(=O)c2ccccc12. The zero-order valence-corrected chi connectivity index (χ0v) is 16.2. The van der Waals surface area contributed by atoms with Gasteiger partial charge in [0, 0.05) is 11.9 Å². The number of nitrogens with one attached hydrogen (secondary N) is 1. The summed E-state index contributed by atoms with van der Waals surface area (Å²) in [5.41, 5.74) is 1.59. The fraction of sp³-hybridized carbons (Fsp3) is 0.318. The average molecular weight is 379 g/mol. The zero-order valence-electron chi connectivity index (χ0n) is 16.2. The van der Waals surface area contributed by atoms with E-state index in [9.17, 15) is 9.59 Å². The standard InChI is InChI=1S/C22H25N3O3/c1-16(14-28-15-18-8-4-3-5-9-18)12-23-21(26)13-25-22(27)20-11-7-6-10-19(20)17(2)24-25/h3-11,16H,12-15H2,1-2H3,(H,23,26). The second kappa shape index (κ2) is 9.28. The van der Waals surface area contributed by atoms with Crippen LogP contribution in [0.4, 0.5) is 0 Å². The summed E-state index contributed by atoms with van der Waals surface area (Å²) in [4.78, 5) is 24.8. The molecule has 2 aromatic carbocycles. The van der Waals surface area contributed by atoms with Gasteiger partial charge in [0.15, 0.2) is 0 Å². The number of aromatic nitrogens is 2. The number of hydrogen-bond acceptors (Lipinski definition) is 4. The molecule has 0 spiro atoms. The van der Waals surface area contributed by atoms with Gasteiger partial charge in [-0.05, 0) is 24.5 Å². The fourth-order valence-electron chi connectivity index (χ4n) is 3.00. The van der Waals surface area contributed by atoms with Crippen LogP contribution in [0.1, 0.15) is 18.2 Å². The van der Waals surface area contributed by atoms with Crippen molar-refractivity contribution in [2.24, 2.45) is 5.92 Å². The summed E-state index contributed by atoms with van der Waals surface area (Å²) >= 11 is 0. The summed E-state index contributed by atoms with van der Waals surface area (Å²) < 4.78 is 6.92. The summed E-state index contributed by atoms with van der Waals surface area (Å²) in [5.74, 6) is -0.0742. The lowest BCUT2D eigenvalue weighted by Crippen LogP contribution is -2.36. The Labute approximate surface area is 164 Å². The topological polar surface area (TPSA) is 73.2 Å². The second-order valence-electron chi connectivity index (χ2n) is 7.00. The Balaban J connectivity index is 1.50. The lowest BCUT2D eigenvalue weighted by Gasteiger charge is -2.14. The van der Waals surface area contributed by atoms with Crippen LogP contribution in [0.15, 0.2) is 59.4 Å². The molecule has 0 radical (unpaired) electrons. The highest BCUT2D eigenvalue weighted by Crippen LogP contribution is 2.11. The van der Waals surface area contributed by atoms with E-state index >= 15 is 0 Å². The number of rotatable bonds is 8. The van der Waals surface area contributed by atoms with Crippen molar-refractivity contribution < 1.29 is 9.53 Å². The predicted molar refractivity (Wildman–Crippen MR) is 109 cm³/mol. The van der Waals surface area contributed by atoms with Gasteiger partial charge in [0.2, 0.25) is 5.91 Å². The summed E-state index contributed by atoms with van der Waals surface area (Å²) in [7, 11) is 0. The third-order valence-electron chi connectivity index (χ3n) is 4.51. The molecule has 0 aliphatic carbocycles. The van der Waals surface area contributed by atoms with E-state index in [1.807, 2.05) is 62.4 Å². The van der Waals surface area contributed by atoms with Gasteiger partial charge >= 0.3 is 0 Å². The predicted octanol–water partition coefficient (Wildman–Crippen LogP) is 2.67. The van der Waals surface area contributed by atoms with Gasteiger partial charge in [-0.1, -0.05) is 55.5 Å². The van der Waals surface area contributed by atoms with E-state index in [1.54, 1.807) is 6.07 Å². The van der Waals surface area contributed by atoms with Crippen molar-refractivity contribution in [1.29, 1.82) is 0 Å². The van der Waals surface area contributed by atoms with Crippen LogP contribution in [0.2, 0.25) is 0 Å². The quantitative estimate of drug-likeness (QED) is 0.653. The molecule has 0 aliphatic heterocycles. The third kappa shape index (κ3) is 5.04.